The Morgan fingerprint density at radius 3 is 2.67 bits per heavy atom. The Balaban J connectivity index is 1.73. The second-order valence-electron chi connectivity index (χ2n) is 5.24. The van der Waals surface area contributed by atoms with Crippen LogP contribution in [0.15, 0.2) is 24.3 Å². The SMILES string of the molecule is COc1cccc(CCNC2CCCCCC2)c1. The lowest BCUT2D eigenvalue weighted by molar-refractivity contribution is 0.414. The Kier molecular flexibility index (Phi) is 5.53. The van der Waals surface area contributed by atoms with E-state index in [1.54, 1.807) is 7.11 Å². The molecule has 2 heteroatoms. The zero-order valence-corrected chi connectivity index (χ0v) is 11.5. The number of ether oxygens (including phenoxy) is 1. The number of methoxy groups -OCH3 is 1. The molecule has 0 saturated heterocycles. The molecule has 0 atom stereocenters. The summed E-state index contributed by atoms with van der Waals surface area (Å²) in [7, 11) is 1.73. The van der Waals surface area contributed by atoms with Crippen LogP contribution in [-0.2, 0) is 6.42 Å². The number of nitrogens with one attached hydrogen (secondary N) is 1. The number of benzene rings is 1. The van der Waals surface area contributed by atoms with Crippen LogP contribution in [0.2, 0.25) is 0 Å². The minimum Gasteiger partial charge on any atom is -0.497 e. The normalized spacial score (nSPS) is 17.4. The van der Waals surface area contributed by atoms with Gasteiger partial charge >= 0.3 is 0 Å². The van der Waals surface area contributed by atoms with E-state index in [1.165, 1.54) is 44.1 Å². The molecule has 0 aromatic heterocycles. The fourth-order valence-electron chi connectivity index (χ4n) is 2.73. The summed E-state index contributed by atoms with van der Waals surface area (Å²) >= 11 is 0. The van der Waals surface area contributed by atoms with Crippen molar-refractivity contribution < 1.29 is 4.74 Å². The van der Waals surface area contributed by atoms with Gasteiger partial charge in [0.25, 0.3) is 0 Å². The van der Waals surface area contributed by atoms with Crippen molar-refractivity contribution >= 4 is 0 Å². The van der Waals surface area contributed by atoms with Gasteiger partial charge in [0, 0.05) is 6.04 Å². The average molecular weight is 247 g/mol. The molecular weight excluding hydrogens is 222 g/mol. The van der Waals surface area contributed by atoms with Gasteiger partial charge in [-0.05, 0) is 43.5 Å². The van der Waals surface area contributed by atoms with Crippen molar-refractivity contribution in [3.63, 3.8) is 0 Å². The average Bonchev–Trinajstić information content (AvgIpc) is 2.68. The summed E-state index contributed by atoms with van der Waals surface area (Å²) in [4.78, 5) is 0. The standard InChI is InChI=1S/C16H25NO/c1-18-16-10-6-7-14(13-16)11-12-17-15-8-4-2-3-5-9-15/h6-7,10,13,15,17H,2-5,8-9,11-12H2,1H3. The van der Waals surface area contributed by atoms with E-state index in [-0.39, 0.29) is 0 Å². The Labute approximate surface area is 111 Å². The van der Waals surface area contributed by atoms with Gasteiger partial charge < -0.3 is 10.1 Å². The first-order valence-corrected chi connectivity index (χ1v) is 7.25. The summed E-state index contributed by atoms with van der Waals surface area (Å²) in [6.45, 7) is 1.08. The topological polar surface area (TPSA) is 21.3 Å². The van der Waals surface area contributed by atoms with E-state index in [4.69, 9.17) is 4.74 Å². The van der Waals surface area contributed by atoms with E-state index in [9.17, 15) is 0 Å². The second-order valence-corrected chi connectivity index (χ2v) is 5.24. The molecule has 1 aromatic carbocycles. The Morgan fingerprint density at radius 1 is 1.17 bits per heavy atom. The quantitative estimate of drug-likeness (QED) is 0.803. The summed E-state index contributed by atoms with van der Waals surface area (Å²) in [5.74, 6) is 0.960. The summed E-state index contributed by atoms with van der Waals surface area (Å²) in [5, 5.41) is 3.71. The highest BCUT2D eigenvalue weighted by Crippen LogP contribution is 2.17. The largest absolute Gasteiger partial charge is 0.497 e. The van der Waals surface area contributed by atoms with Crippen LogP contribution in [0.25, 0.3) is 0 Å². The highest BCUT2D eigenvalue weighted by Gasteiger charge is 2.10. The summed E-state index contributed by atoms with van der Waals surface area (Å²) in [5.41, 5.74) is 1.36. The Hall–Kier alpha value is -1.02. The second kappa shape index (κ2) is 7.42. The molecule has 0 amide bonds. The van der Waals surface area contributed by atoms with Crippen molar-refractivity contribution in [1.29, 1.82) is 0 Å². The van der Waals surface area contributed by atoms with E-state index in [1.807, 2.05) is 6.07 Å². The molecule has 2 nitrogen and oxygen atoms in total. The molecule has 100 valence electrons. The zero-order chi connectivity index (χ0) is 12.6. The van der Waals surface area contributed by atoms with E-state index in [2.05, 4.69) is 23.5 Å². The lowest BCUT2D eigenvalue weighted by atomic mass is 10.1. The first-order valence-electron chi connectivity index (χ1n) is 7.25. The van der Waals surface area contributed by atoms with Gasteiger partial charge in [-0.2, -0.15) is 0 Å². The first-order chi connectivity index (χ1) is 8.88. The highest BCUT2D eigenvalue weighted by molar-refractivity contribution is 5.28. The monoisotopic (exact) mass is 247 g/mol. The number of hydrogen-bond acceptors (Lipinski definition) is 2. The van der Waals surface area contributed by atoms with Gasteiger partial charge in [0.1, 0.15) is 5.75 Å². The van der Waals surface area contributed by atoms with E-state index >= 15 is 0 Å². The number of hydrogen-bond donors (Lipinski definition) is 1. The number of rotatable bonds is 5. The zero-order valence-electron chi connectivity index (χ0n) is 11.5. The van der Waals surface area contributed by atoms with Crippen molar-refractivity contribution in [3.8, 4) is 5.75 Å². The molecular formula is C16H25NO. The molecule has 0 unspecified atom stereocenters. The van der Waals surface area contributed by atoms with Gasteiger partial charge in [0.15, 0.2) is 0 Å². The Morgan fingerprint density at radius 2 is 1.94 bits per heavy atom. The van der Waals surface area contributed by atoms with E-state index < -0.39 is 0 Å². The fourth-order valence-corrected chi connectivity index (χ4v) is 2.73. The summed E-state index contributed by atoms with van der Waals surface area (Å²) in [6, 6.07) is 9.13. The van der Waals surface area contributed by atoms with Crippen LogP contribution in [0.5, 0.6) is 5.75 Å². The van der Waals surface area contributed by atoms with Crippen molar-refractivity contribution in [2.24, 2.45) is 0 Å². The van der Waals surface area contributed by atoms with E-state index in [0.29, 0.717) is 0 Å². The predicted molar refractivity (Wildman–Crippen MR) is 76.2 cm³/mol. The maximum Gasteiger partial charge on any atom is 0.119 e. The van der Waals surface area contributed by atoms with Crippen LogP contribution in [-0.4, -0.2) is 19.7 Å². The maximum atomic E-state index is 5.25. The van der Waals surface area contributed by atoms with Crippen molar-refractivity contribution in [2.45, 2.75) is 51.0 Å². The van der Waals surface area contributed by atoms with Crippen molar-refractivity contribution in [2.75, 3.05) is 13.7 Å². The van der Waals surface area contributed by atoms with Gasteiger partial charge in [0.2, 0.25) is 0 Å². The highest BCUT2D eigenvalue weighted by atomic mass is 16.5. The van der Waals surface area contributed by atoms with Gasteiger partial charge in [0.05, 0.1) is 7.11 Å². The molecule has 1 aliphatic carbocycles. The van der Waals surface area contributed by atoms with E-state index in [0.717, 1.165) is 24.8 Å². The first kappa shape index (κ1) is 13.4. The minimum atomic E-state index is 0.748. The molecule has 0 aliphatic heterocycles. The van der Waals surface area contributed by atoms with Gasteiger partial charge in [-0.15, -0.1) is 0 Å². The molecule has 2 rings (SSSR count). The lowest BCUT2D eigenvalue weighted by Crippen LogP contribution is -2.30. The fraction of sp³-hybridized carbons (Fsp3) is 0.625. The minimum absolute atomic E-state index is 0.748. The van der Waals surface area contributed by atoms with Crippen LogP contribution in [0.1, 0.15) is 44.1 Å². The van der Waals surface area contributed by atoms with Gasteiger partial charge in [-0.1, -0.05) is 37.8 Å². The third kappa shape index (κ3) is 4.34. The third-order valence-corrected chi connectivity index (χ3v) is 3.84. The maximum absolute atomic E-state index is 5.25. The molecule has 1 aliphatic rings. The summed E-state index contributed by atoms with van der Waals surface area (Å²) < 4.78 is 5.25. The molecule has 0 heterocycles. The molecule has 1 N–H and O–H groups in total. The smallest absolute Gasteiger partial charge is 0.119 e. The van der Waals surface area contributed by atoms with Crippen molar-refractivity contribution in [3.05, 3.63) is 29.8 Å². The molecule has 18 heavy (non-hydrogen) atoms. The van der Waals surface area contributed by atoms with Gasteiger partial charge in [-0.25, -0.2) is 0 Å². The van der Waals surface area contributed by atoms with Crippen LogP contribution in [0, 0.1) is 0 Å². The van der Waals surface area contributed by atoms with Gasteiger partial charge in [-0.3, -0.25) is 0 Å². The van der Waals surface area contributed by atoms with Crippen LogP contribution < -0.4 is 10.1 Å². The van der Waals surface area contributed by atoms with Crippen LogP contribution in [0.4, 0.5) is 0 Å². The third-order valence-electron chi connectivity index (χ3n) is 3.84. The Bertz CT molecular complexity index is 343. The predicted octanol–water partition coefficient (Wildman–Crippen LogP) is 3.55. The molecule has 1 saturated carbocycles. The van der Waals surface area contributed by atoms with Crippen LogP contribution >= 0.6 is 0 Å². The lowest BCUT2D eigenvalue weighted by Gasteiger charge is -2.16. The summed E-state index contributed by atoms with van der Waals surface area (Å²) in [6.07, 6.45) is 9.46. The molecule has 1 fully saturated rings. The molecule has 0 radical (unpaired) electrons. The molecule has 0 bridgehead atoms. The molecule has 1 aromatic rings. The van der Waals surface area contributed by atoms with Crippen LogP contribution in [0.3, 0.4) is 0 Å². The van der Waals surface area contributed by atoms with Crippen molar-refractivity contribution in [1.82, 2.24) is 5.32 Å². The molecule has 0 spiro atoms.